The Bertz CT molecular complexity index is 2000. The summed E-state index contributed by atoms with van der Waals surface area (Å²) in [5.74, 6) is -4.26. The highest BCUT2D eigenvalue weighted by Gasteiger charge is 2.45. The maximum atomic E-state index is 13.0. The van der Waals surface area contributed by atoms with Gasteiger partial charge in [-0.05, 0) is 108 Å². The van der Waals surface area contributed by atoms with Gasteiger partial charge >= 0.3 is 36.1 Å². The summed E-state index contributed by atoms with van der Waals surface area (Å²) in [6.45, 7) is 3.34. The Morgan fingerprint density at radius 3 is 2.15 bits per heavy atom. The molecule has 21 heteroatoms. The zero-order valence-corrected chi connectivity index (χ0v) is 33.1. The fourth-order valence-electron chi connectivity index (χ4n) is 6.19. The molecule has 3 atom stereocenters. The molecule has 2 saturated carbocycles. The minimum Gasteiger partial charge on any atom is -0.480 e. The topological polar surface area (TPSA) is 235 Å². The van der Waals surface area contributed by atoms with Crippen molar-refractivity contribution in [2.75, 3.05) is 23.8 Å². The molecular formula is C38H45ClF3N9O8. The predicted molar refractivity (Wildman–Crippen MR) is 207 cm³/mol. The average molecular weight is 848 g/mol. The number of alkyl carbamates (subject to hydrolysis) is 1. The Balaban J connectivity index is 1.13. The van der Waals surface area contributed by atoms with Crippen molar-refractivity contribution < 1.29 is 51.7 Å². The first-order valence-electron chi connectivity index (χ1n) is 18.7. The third-order valence-corrected chi connectivity index (χ3v) is 9.39. The van der Waals surface area contributed by atoms with Crippen molar-refractivity contribution in [1.29, 1.82) is 0 Å². The van der Waals surface area contributed by atoms with E-state index in [1.807, 2.05) is 12.1 Å². The van der Waals surface area contributed by atoms with E-state index in [0.29, 0.717) is 49.2 Å². The third-order valence-electron chi connectivity index (χ3n) is 9.14. The van der Waals surface area contributed by atoms with Crippen LogP contribution in [0.5, 0.6) is 6.01 Å². The molecule has 1 heterocycles. The number of carbonyl (C=O) groups is 5. The molecule has 0 saturated heterocycles. The first-order chi connectivity index (χ1) is 27.8. The number of nitrogens with zero attached hydrogens (tertiary/aromatic N) is 3. The van der Waals surface area contributed by atoms with Crippen LogP contribution < -0.4 is 36.6 Å². The first-order valence-corrected chi connectivity index (χ1v) is 19.1. The molecule has 1 aromatic heterocycles. The molecule has 7 N–H and O–H groups in total. The number of aliphatic carboxylic acids is 1. The van der Waals surface area contributed by atoms with Crippen molar-refractivity contribution in [3.8, 4) is 6.01 Å². The first kappa shape index (κ1) is 44.2. The molecule has 4 amide bonds. The summed E-state index contributed by atoms with van der Waals surface area (Å²) in [4.78, 5) is 74.5. The molecule has 0 aliphatic heterocycles. The van der Waals surface area contributed by atoms with Crippen LogP contribution in [0.3, 0.4) is 0 Å². The minimum absolute atomic E-state index is 0.0493. The van der Waals surface area contributed by atoms with Gasteiger partial charge in [-0.2, -0.15) is 28.1 Å². The van der Waals surface area contributed by atoms with E-state index in [0.717, 1.165) is 5.56 Å². The van der Waals surface area contributed by atoms with Crippen LogP contribution in [0.1, 0.15) is 81.6 Å². The minimum atomic E-state index is -4.65. The molecule has 2 aliphatic carbocycles. The van der Waals surface area contributed by atoms with Crippen molar-refractivity contribution >= 4 is 59.0 Å². The zero-order chi connectivity index (χ0) is 43.0. The molecule has 17 nitrogen and oxygen atoms in total. The van der Waals surface area contributed by atoms with Crippen LogP contribution in [-0.4, -0.2) is 92.9 Å². The number of hydrogen-bond acceptors (Lipinski definition) is 12. The van der Waals surface area contributed by atoms with E-state index in [9.17, 15) is 42.3 Å². The lowest BCUT2D eigenvalue weighted by Crippen LogP contribution is -2.50. The second-order valence-electron chi connectivity index (χ2n) is 15.2. The summed E-state index contributed by atoms with van der Waals surface area (Å²) in [5, 5.41) is 26.5. The van der Waals surface area contributed by atoms with Crippen molar-refractivity contribution in [3.05, 3.63) is 64.7 Å². The summed E-state index contributed by atoms with van der Waals surface area (Å²) < 4.78 is 49.0. The Kier molecular flexibility index (Phi) is 14.1. The Hall–Kier alpha value is -5.92. The number of amides is 4. The van der Waals surface area contributed by atoms with Crippen LogP contribution in [-0.2, 0) is 24.7 Å². The molecule has 2 unspecified atom stereocenters. The molecule has 0 radical (unpaired) electrons. The predicted octanol–water partition coefficient (Wildman–Crippen LogP) is 4.95. The van der Waals surface area contributed by atoms with Crippen LogP contribution in [0.25, 0.3) is 0 Å². The Morgan fingerprint density at radius 2 is 1.54 bits per heavy atom. The number of halogens is 4. The quantitative estimate of drug-likeness (QED) is 0.100. The van der Waals surface area contributed by atoms with Gasteiger partial charge in [-0.25, -0.2) is 9.59 Å². The molecule has 0 spiro atoms. The maximum Gasteiger partial charge on any atom is 0.422 e. The van der Waals surface area contributed by atoms with E-state index in [-0.39, 0.29) is 42.5 Å². The van der Waals surface area contributed by atoms with Gasteiger partial charge in [0.25, 0.3) is 5.91 Å². The van der Waals surface area contributed by atoms with Crippen LogP contribution in [0, 0.1) is 0 Å². The highest BCUT2D eigenvalue weighted by molar-refractivity contribution is 6.35. The number of anilines is 3. The van der Waals surface area contributed by atoms with E-state index in [1.165, 1.54) is 24.3 Å². The lowest BCUT2D eigenvalue weighted by atomic mass is 9.91. The van der Waals surface area contributed by atoms with Crippen LogP contribution in [0.4, 0.5) is 35.5 Å². The highest BCUT2D eigenvalue weighted by Crippen LogP contribution is 2.48. The van der Waals surface area contributed by atoms with E-state index >= 15 is 0 Å². The highest BCUT2D eigenvalue weighted by atomic mass is 35.5. The van der Waals surface area contributed by atoms with Crippen molar-refractivity contribution in [2.45, 2.75) is 101 Å². The lowest BCUT2D eigenvalue weighted by molar-refractivity contribution is -0.154. The van der Waals surface area contributed by atoms with Gasteiger partial charge in [0.15, 0.2) is 6.61 Å². The van der Waals surface area contributed by atoms with Gasteiger partial charge in [0.1, 0.15) is 11.6 Å². The number of carboxylic acids is 1. The zero-order valence-electron chi connectivity index (χ0n) is 32.4. The molecule has 318 valence electrons. The summed E-state index contributed by atoms with van der Waals surface area (Å²) in [6.07, 6.45) is -1.72. The normalized spacial score (nSPS) is 17.7. The molecular weight excluding hydrogens is 803 g/mol. The summed E-state index contributed by atoms with van der Waals surface area (Å²) >= 11 is 6.03. The van der Waals surface area contributed by atoms with Gasteiger partial charge in [0.2, 0.25) is 11.9 Å². The van der Waals surface area contributed by atoms with Gasteiger partial charge in [0, 0.05) is 34.9 Å². The molecule has 5 rings (SSSR count). The summed E-state index contributed by atoms with van der Waals surface area (Å²) in [5.41, 5.74) is 0.0104. The number of rotatable bonds is 15. The van der Waals surface area contributed by atoms with E-state index in [4.69, 9.17) is 21.1 Å². The summed E-state index contributed by atoms with van der Waals surface area (Å²) in [6, 6.07) is 10.0. The number of nitrogens with one attached hydrogen (secondary N) is 6. The lowest BCUT2D eigenvalue weighted by Gasteiger charge is -2.31. The van der Waals surface area contributed by atoms with Crippen molar-refractivity contribution in [1.82, 2.24) is 36.2 Å². The average Bonchev–Trinajstić information content (AvgIpc) is 3.93. The molecule has 2 aromatic carbocycles. The van der Waals surface area contributed by atoms with Gasteiger partial charge in [-0.1, -0.05) is 23.7 Å². The molecule has 3 aromatic rings. The fourth-order valence-corrected chi connectivity index (χ4v) is 6.32. The number of ether oxygens (including phenoxy) is 2. The van der Waals surface area contributed by atoms with E-state index in [1.54, 1.807) is 32.9 Å². The van der Waals surface area contributed by atoms with E-state index in [2.05, 4.69) is 46.9 Å². The smallest absolute Gasteiger partial charge is 0.422 e. The van der Waals surface area contributed by atoms with Crippen LogP contribution in [0.2, 0.25) is 5.02 Å². The SMILES string of the molecule is CC(C)(C)OC(=O)NC1CCCC(NC(=O)C(=O)NCC[C@H](NC(=O)c2ccc(Nc3nc(NC4(c5ccc(Cl)cc5)CC4)nc(OCC(F)(F)F)n3)cc2)C(=O)O)C1. The van der Waals surface area contributed by atoms with Gasteiger partial charge in [0.05, 0.1) is 5.54 Å². The fraction of sp³-hybridized carbons (Fsp3) is 0.474. The number of carboxylic acid groups (broad SMARTS) is 1. The number of carbonyl (C=O) groups excluding carboxylic acids is 4. The maximum absolute atomic E-state index is 13.0. The molecule has 2 aliphatic rings. The molecule has 0 bridgehead atoms. The van der Waals surface area contributed by atoms with Crippen LogP contribution >= 0.6 is 11.6 Å². The molecule has 2 fully saturated rings. The summed E-state index contributed by atoms with van der Waals surface area (Å²) in [7, 11) is 0. The Morgan fingerprint density at radius 1 is 0.898 bits per heavy atom. The van der Waals surface area contributed by atoms with Crippen molar-refractivity contribution in [2.24, 2.45) is 0 Å². The third kappa shape index (κ3) is 13.9. The van der Waals surface area contributed by atoms with Crippen LogP contribution in [0.15, 0.2) is 48.5 Å². The number of hydrogen-bond donors (Lipinski definition) is 7. The second kappa shape index (κ2) is 18.8. The van der Waals surface area contributed by atoms with Gasteiger partial charge in [-0.3, -0.25) is 14.4 Å². The number of benzene rings is 2. The van der Waals surface area contributed by atoms with E-state index < -0.39 is 65.8 Å². The van der Waals surface area contributed by atoms with Gasteiger partial charge < -0.3 is 46.5 Å². The second-order valence-corrected chi connectivity index (χ2v) is 15.6. The largest absolute Gasteiger partial charge is 0.480 e. The van der Waals surface area contributed by atoms with Crippen molar-refractivity contribution in [3.63, 3.8) is 0 Å². The monoisotopic (exact) mass is 847 g/mol. The standard InChI is InChI=1S/C38H45ClF3N9O8/c1-36(2,3)59-35(57)46-26-6-4-5-25(19-26)44-30(54)29(53)43-18-15-27(31(55)56)47-28(52)21-7-13-24(14-8-21)45-32-48-33(50-34(49-32)58-20-38(40,41)42)51-37(16-17-37)22-9-11-23(39)12-10-22/h7-14,25-27H,4-6,15-20H2,1-3H3,(H,43,53)(H,44,54)(H,46,57)(H,47,52)(H,55,56)(H2,45,48,49,50,51)/t25?,26?,27-/m0/s1. The number of alkyl halides is 3. The molecule has 59 heavy (non-hydrogen) atoms. The van der Waals surface area contributed by atoms with Gasteiger partial charge in [-0.15, -0.1) is 0 Å². The number of aromatic nitrogens is 3. The Labute approximate surface area is 342 Å².